The van der Waals surface area contributed by atoms with Gasteiger partial charge in [-0.3, -0.25) is 9.59 Å². The second-order valence-electron chi connectivity index (χ2n) is 8.70. The van der Waals surface area contributed by atoms with Crippen LogP contribution < -0.4 is 10.6 Å². The largest absolute Gasteiger partial charge is 0.481 e. The lowest BCUT2D eigenvalue weighted by Gasteiger charge is -2.28. The summed E-state index contributed by atoms with van der Waals surface area (Å²) >= 11 is 6.02. The number of nitrogens with one attached hydrogen (secondary N) is 2. The zero-order valence-corrected chi connectivity index (χ0v) is 19.6. The van der Waals surface area contributed by atoms with E-state index in [1.165, 1.54) is 5.56 Å². The third-order valence-electron chi connectivity index (χ3n) is 6.23. The monoisotopic (exact) mass is 481 g/mol. The van der Waals surface area contributed by atoms with Crippen LogP contribution in [-0.4, -0.2) is 28.5 Å². The van der Waals surface area contributed by atoms with Gasteiger partial charge in [-0.1, -0.05) is 41.9 Å². The predicted molar refractivity (Wildman–Crippen MR) is 131 cm³/mol. The molecule has 8 heteroatoms. The Balaban J connectivity index is 1.27. The SMILES string of the molecule is O=C(O)CCNC(=O)CC1CCC(c2ccc(-c3cnc(Nc4cccc(Cl)c4)o3)cc2)CC1. The third-order valence-corrected chi connectivity index (χ3v) is 6.47. The molecule has 0 unspecified atom stereocenters. The minimum absolute atomic E-state index is 0.0394. The summed E-state index contributed by atoms with van der Waals surface area (Å²) in [6.45, 7) is 0.194. The summed E-state index contributed by atoms with van der Waals surface area (Å²) in [4.78, 5) is 26.9. The van der Waals surface area contributed by atoms with Gasteiger partial charge >= 0.3 is 5.97 Å². The van der Waals surface area contributed by atoms with Crippen molar-refractivity contribution in [2.24, 2.45) is 5.92 Å². The van der Waals surface area contributed by atoms with E-state index in [1.807, 2.05) is 18.2 Å². The fourth-order valence-corrected chi connectivity index (χ4v) is 4.61. The Labute approximate surface area is 203 Å². The number of amides is 1. The van der Waals surface area contributed by atoms with Crippen LogP contribution in [0.5, 0.6) is 0 Å². The van der Waals surface area contributed by atoms with Crippen LogP contribution in [0.2, 0.25) is 5.02 Å². The van der Waals surface area contributed by atoms with E-state index in [9.17, 15) is 9.59 Å². The summed E-state index contributed by atoms with van der Waals surface area (Å²) in [7, 11) is 0. The average molecular weight is 482 g/mol. The summed E-state index contributed by atoms with van der Waals surface area (Å²) in [5.74, 6) is 0.582. The Morgan fingerprint density at radius 3 is 2.56 bits per heavy atom. The number of carboxylic acid groups (broad SMARTS) is 1. The number of aliphatic carboxylic acids is 1. The lowest BCUT2D eigenvalue weighted by Crippen LogP contribution is -2.28. The van der Waals surface area contributed by atoms with E-state index in [0.717, 1.165) is 36.9 Å². The lowest BCUT2D eigenvalue weighted by molar-refractivity contribution is -0.136. The molecule has 0 radical (unpaired) electrons. The van der Waals surface area contributed by atoms with Gasteiger partial charge in [-0.15, -0.1) is 0 Å². The normalized spacial score (nSPS) is 17.8. The van der Waals surface area contributed by atoms with Gasteiger partial charge in [-0.2, -0.15) is 0 Å². The van der Waals surface area contributed by atoms with Crippen LogP contribution in [0, 0.1) is 5.92 Å². The third kappa shape index (κ3) is 6.60. The fraction of sp³-hybridized carbons (Fsp3) is 0.346. The molecule has 3 aromatic rings. The summed E-state index contributed by atoms with van der Waals surface area (Å²) in [6.07, 6.45) is 6.23. The Kier molecular flexibility index (Phi) is 7.85. The number of carbonyl (C=O) groups excluding carboxylic acids is 1. The maximum atomic E-state index is 12.0. The van der Waals surface area contributed by atoms with Crippen molar-refractivity contribution in [2.45, 2.75) is 44.4 Å². The number of halogens is 1. The predicted octanol–water partition coefficient (Wildman–Crippen LogP) is 5.99. The van der Waals surface area contributed by atoms with E-state index in [2.05, 4.69) is 39.9 Å². The van der Waals surface area contributed by atoms with E-state index in [0.29, 0.717) is 35.1 Å². The molecule has 34 heavy (non-hydrogen) atoms. The van der Waals surface area contributed by atoms with E-state index in [-0.39, 0.29) is 18.9 Å². The van der Waals surface area contributed by atoms with Crippen LogP contribution >= 0.6 is 11.6 Å². The van der Waals surface area contributed by atoms with Crippen molar-refractivity contribution in [3.8, 4) is 11.3 Å². The number of carbonyl (C=O) groups is 2. The van der Waals surface area contributed by atoms with Crippen LogP contribution in [-0.2, 0) is 9.59 Å². The Hall–Kier alpha value is -3.32. The molecule has 7 nitrogen and oxygen atoms in total. The number of oxazole rings is 1. The Morgan fingerprint density at radius 2 is 1.85 bits per heavy atom. The van der Waals surface area contributed by atoms with Crippen molar-refractivity contribution in [3.05, 3.63) is 65.3 Å². The van der Waals surface area contributed by atoms with E-state index in [4.69, 9.17) is 21.1 Å². The highest BCUT2D eigenvalue weighted by Crippen LogP contribution is 2.37. The van der Waals surface area contributed by atoms with Crippen molar-refractivity contribution in [3.63, 3.8) is 0 Å². The van der Waals surface area contributed by atoms with Crippen LogP contribution in [0.3, 0.4) is 0 Å². The zero-order chi connectivity index (χ0) is 23.9. The smallest absolute Gasteiger partial charge is 0.305 e. The maximum Gasteiger partial charge on any atom is 0.305 e. The van der Waals surface area contributed by atoms with Crippen LogP contribution in [0.15, 0.2) is 59.1 Å². The van der Waals surface area contributed by atoms with Gasteiger partial charge in [0.15, 0.2) is 5.76 Å². The molecule has 1 aliphatic rings. The average Bonchev–Trinajstić information content (AvgIpc) is 3.28. The molecule has 0 aliphatic heterocycles. The number of hydrogen-bond donors (Lipinski definition) is 3. The molecule has 0 bridgehead atoms. The number of benzene rings is 2. The molecule has 1 fully saturated rings. The highest BCUT2D eigenvalue weighted by atomic mass is 35.5. The van der Waals surface area contributed by atoms with Crippen LogP contribution in [0.1, 0.15) is 50.0 Å². The first-order chi connectivity index (χ1) is 16.5. The molecule has 0 saturated heterocycles. The first-order valence-corrected chi connectivity index (χ1v) is 11.9. The van der Waals surface area contributed by atoms with Gasteiger partial charge in [-0.05, 0) is 61.3 Å². The maximum absolute atomic E-state index is 12.0. The lowest BCUT2D eigenvalue weighted by atomic mass is 9.77. The Morgan fingerprint density at radius 1 is 1.09 bits per heavy atom. The summed E-state index contributed by atoms with van der Waals surface area (Å²) in [5.41, 5.74) is 3.07. The van der Waals surface area contributed by atoms with Gasteiger partial charge in [0.05, 0.1) is 12.6 Å². The molecule has 0 atom stereocenters. The number of carboxylic acids is 1. The number of nitrogens with zero attached hydrogens (tertiary/aromatic N) is 1. The molecule has 178 valence electrons. The second kappa shape index (κ2) is 11.2. The molecule has 1 aliphatic carbocycles. The van der Waals surface area contributed by atoms with Crippen molar-refractivity contribution in [1.29, 1.82) is 0 Å². The highest BCUT2D eigenvalue weighted by molar-refractivity contribution is 6.30. The number of hydrogen-bond acceptors (Lipinski definition) is 5. The minimum Gasteiger partial charge on any atom is -0.481 e. The van der Waals surface area contributed by atoms with Gasteiger partial charge in [-0.25, -0.2) is 4.98 Å². The first kappa shape index (κ1) is 23.8. The van der Waals surface area contributed by atoms with E-state index in [1.54, 1.807) is 12.3 Å². The molecule has 1 aromatic heterocycles. The van der Waals surface area contributed by atoms with Crippen molar-refractivity contribution in [2.75, 3.05) is 11.9 Å². The van der Waals surface area contributed by atoms with E-state index < -0.39 is 5.97 Å². The van der Waals surface area contributed by atoms with E-state index >= 15 is 0 Å². The van der Waals surface area contributed by atoms with Crippen molar-refractivity contribution < 1.29 is 19.1 Å². The Bertz CT molecular complexity index is 1120. The summed E-state index contributed by atoms with van der Waals surface area (Å²) in [6, 6.07) is 16.2. The van der Waals surface area contributed by atoms with Gasteiger partial charge in [0.2, 0.25) is 5.91 Å². The second-order valence-corrected chi connectivity index (χ2v) is 9.14. The molecular formula is C26H28ClN3O4. The van der Waals surface area contributed by atoms with Crippen molar-refractivity contribution >= 4 is 35.2 Å². The molecule has 1 heterocycles. The molecule has 3 N–H and O–H groups in total. The van der Waals surface area contributed by atoms with Gasteiger partial charge in [0, 0.05) is 29.2 Å². The quantitative estimate of drug-likeness (QED) is 0.346. The highest BCUT2D eigenvalue weighted by Gasteiger charge is 2.24. The molecule has 0 spiro atoms. The number of anilines is 2. The molecule has 4 rings (SSSR count). The van der Waals surface area contributed by atoms with Gasteiger partial charge in [0.1, 0.15) is 0 Å². The number of rotatable bonds is 9. The fourth-order valence-electron chi connectivity index (χ4n) is 4.42. The zero-order valence-electron chi connectivity index (χ0n) is 18.8. The summed E-state index contributed by atoms with van der Waals surface area (Å²) < 4.78 is 5.86. The number of aromatic nitrogens is 1. The molecule has 1 saturated carbocycles. The van der Waals surface area contributed by atoms with Gasteiger partial charge < -0.3 is 20.2 Å². The standard InChI is InChI=1S/C26H28ClN3O4/c27-21-2-1-3-22(15-21)30-26-29-16-23(34-26)20-10-8-19(9-11-20)18-6-4-17(5-7-18)14-24(31)28-13-12-25(32)33/h1-3,8-11,15-18H,4-7,12-14H2,(H,28,31)(H,29,30)(H,32,33). The van der Waals surface area contributed by atoms with Gasteiger partial charge in [0.25, 0.3) is 6.01 Å². The molecule has 2 aromatic carbocycles. The first-order valence-electron chi connectivity index (χ1n) is 11.5. The van der Waals surface area contributed by atoms with Crippen LogP contribution in [0.4, 0.5) is 11.7 Å². The minimum atomic E-state index is -0.898. The molecular weight excluding hydrogens is 454 g/mol. The summed E-state index contributed by atoms with van der Waals surface area (Å²) in [5, 5.41) is 15.1. The van der Waals surface area contributed by atoms with Crippen LogP contribution in [0.25, 0.3) is 11.3 Å². The topological polar surface area (TPSA) is 104 Å². The van der Waals surface area contributed by atoms with Crippen molar-refractivity contribution in [1.82, 2.24) is 10.3 Å². The molecule has 1 amide bonds.